The van der Waals surface area contributed by atoms with Crippen LogP contribution in [0.4, 0.5) is 0 Å². The summed E-state index contributed by atoms with van der Waals surface area (Å²) in [6.07, 6.45) is -0.230. The highest BCUT2D eigenvalue weighted by atomic mass is 32.2. The third-order valence-electron chi connectivity index (χ3n) is 4.61. The number of nitrogens with zero attached hydrogens (tertiary/aromatic N) is 1. The van der Waals surface area contributed by atoms with Crippen LogP contribution >= 0.6 is 0 Å². The van der Waals surface area contributed by atoms with E-state index in [4.69, 9.17) is 4.74 Å². The molecule has 2 rings (SSSR count). The van der Waals surface area contributed by atoms with Crippen molar-refractivity contribution < 1.29 is 27.5 Å². The lowest BCUT2D eigenvalue weighted by atomic mass is 10.1. The van der Waals surface area contributed by atoms with E-state index in [2.05, 4.69) is 4.72 Å². The summed E-state index contributed by atoms with van der Waals surface area (Å²) in [5.41, 5.74) is 2.46. The van der Waals surface area contributed by atoms with E-state index < -0.39 is 22.6 Å². The Kier molecular flexibility index (Phi) is 7.10. The van der Waals surface area contributed by atoms with Gasteiger partial charge in [-0.1, -0.05) is 12.1 Å². The highest BCUT2D eigenvalue weighted by Crippen LogP contribution is 2.14. The molecule has 156 valence electrons. The van der Waals surface area contributed by atoms with Crippen molar-refractivity contribution in [3.8, 4) is 0 Å². The van der Waals surface area contributed by atoms with E-state index in [1.807, 2.05) is 18.5 Å². The maximum atomic E-state index is 12.3. The fourth-order valence-electron chi connectivity index (χ4n) is 2.69. The molecular formula is C20H24N2O6S. The van der Waals surface area contributed by atoms with Gasteiger partial charge in [-0.3, -0.25) is 14.4 Å². The molecule has 1 N–H and O–H groups in total. The first-order valence-corrected chi connectivity index (χ1v) is 10.4. The summed E-state index contributed by atoms with van der Waals surface area (Å²) in [5, 5.41) is 0. The highest BCUT2D eigenvalue weighted by Gasteiger charge is 2.18. The Hall–Kier alpha value is -2.78. The van der Waals surface area contributed by atoms with Gasteiger partial charge < -0.3 is 9.30 Å². The molecule has 0 unspecified atom stereocenters. The number of rotatable bonds is 9. The fraction of sp³-hybridized carbons (Fsp3) is 0.350. The summed E-state index contributed by atoms with van der Waals surface area (Å²) < 4.78 is 33.7. The third-order valence-corrected chi connectivity index (χ3v) is 6.07. The first kappa shape index (κ1) is 22.5. The van der Waals surface area contributed by atoms with Crippen LogP contribution in [-0.2, 0) is 26.6 Å². The number of esters is 1. The smallest absolute Gasteiger partial charge is 0.307 e. The number of ketones is 2. The van der Waals surface area contributed by atoms with Crippen LogP contribution in [0.15, 0.2) is 35.2 Å². The Morgan fingerprint density at radius 1 is 1.14 bits per heavy atom. The molecule has 0 saturated carbocycles. The van der Waals surface area contributed by atoms with E-state index in [0.717, 1.165) is 11.4 Å². The normalized spacial score (nSPS) is 11.3. The second-order valence-corrected chi connectivity index (χ2v) is 8.43. The molecule has 0 aliphatic rings. The number of nitrogens with one attached hydrogen (secondary N) is 1. The van der Waals surface area contributed by atoms with Crippen molar-refractivity contribution in [1.82, 2.24) is 9.29 Å². The largest absolute Gasteiger partial charge is 0.457 e. The first-order valence-electron chi connectivity index (χ1n) is 8.95. The molecule has 0 bridgehead atoms. The van der Waals surface area contributed by atoms with Crippen molar-refractivity contribution in [2.24, 2.45) is 7.05 Å². The number of benzene rings is 1. The predicted molar refractivity (Wildman–Crippen MR) is 106 cm³/mol. The topological polar surface area (TPSA) is 112 Å². The zero-order valence-corrected chi connectivity index (χ0v) is 17.6. The van der Waals surface area contributed by atoms with E-state index in [0.29, 0.717) is 5.56 Å². The number of hydrogen-bond donors (Lipinski definition) is 1. The SMILES string of the molecule is CC(=O)c1cccc(S(=O)(=O)NCCC(=O)OCC(=O)c2cc(C)n(C)c2C)c1. The number of hydrogen-bond acceptors (Lipinski definition) is 6. The molecule has 0 radical (unpaired) electrons. The number of aromatic nitrogens is 1. The van der Waals surface area contributed by atoms with E-state index in [1.54, 1.807) is 13.0 Å². The zero-order chi connectivity index (χ0) is 21.8. The van der Waals surface area contributed by atoms with Crippen LogP contribution in [0.1, 0.15) is 45.4 Å². The zero-order valence-electron chi connectivity index (χ0n) is 16.8. The number of carbonyl (C=O) groups excluding carboxylic acids is 3. The van der Waals surface area contributed by atoms with E-state index in [1.165, 1.54) is 31.2 Å². The van der Waals surface area contributed by atoms with Gasteiger partial charge in [-0.15, -0.1) is 0 Å². The molecule has 9 heteroatoms. The standard InChI is InChI=1S/C20H24N2O6S/c1-13-10-18(14(2)22(13)4)19(24)12-28-20(25)8-9-21-29(26,27)17-7-5-6-16(11-17)15(3)23/h5-7,10-11,21H,8-9,12H2,1-4H3. The average Bonchev–Trinajstić information content (AvgIpc) is 2.93. The van der Waals surface area contributed by atoms with Gasteiger partial charge in [-0.25, -0.2) is 13.1 Å². The van der Waals surface area contributed by atoms with Gasteiger partial charge in [-0.2, -0.15) is 0 Å². The van der Waals surface area contributed by atoms with E-state index >= 15 is 0 Å². The lowest BCUT2D eigenvalue weighted by molar-refractivity contribution is -0.142. The van der Waals surface area contributed by atoms with Gasteiger partial charge in [0.25, 0.3) is 0 Å². The van der Waals surface area contributed by atoms with Crippen LogP contribution in [0, 0.1) is 13.8 Å². The quantitative estimate of drug-likeness (QED) is 0.490. The van der Waals surface area contributed by atoms with E-state index in [-0.39, 0.29) is 35.0 Å². The minimum absolute atomic E-state index is 0.0660. The molecular weight excluding hydrogens is 396 g/mol. The predicted octanol–water partition coefficient (Wildman–Crippen LogP) is 1.94. The maximum absolute atomic E-state index is 12.3. The van der Waals surface area contributed by atoms with Gasteiger partial charge in [0.05, 0.1) is 11.3 Å². The Balaban J connectivity index is 1.86. The molecule has 0 saturated heterocycles. The lowest BCUT2D eigenvalue weighted by Crippen LogP contribution is -2.27. The van der Waals surface area contributed by atoms with Crippen LogP contribution in [0.3, 0.4) is 0 Å². The number of carbonyl (C=O) groups is 3. The Bertz CT molecular complexity index is 1050. The summed E-state index contributed by atoms with van der Waals surface area (Å²) in [7, 11) is -2.03. The monoisotopic (exact) mass is 420 g/mol. The molecule has 29 heavy (non-hydrogen) atoms. The van der Waals surface area contributed by atoms with Crippen molar-refractivity contribution >= 4 is 27.6 Å². The van der Waals surface area contributed by atoms with Gasteiger partial charge in [0.15, 0.2) is 12.4 Å². The Morgan fingerprint density at radius 3 is 2.41 bits per heavy atom. The van der Waals surface area contributed by atoms with Crippen LogP contribution in [-0.4, -0.2) is 43.7 Å². The van der Waals surface area contributed by atoms with Crippen molar-refractivity contribution in [2.75, 3.05) is 13.2 Å². The van der Waals surface area contributed by atoms with Crippen LogP contribution in [0.25, 0.3) is 0 Å². The van der Waals surface area contributed by atoms with Crippen LogP contribution in [0.2, 0.25) is 0 Å². The second kappa shape index (κ2) is 9.15. The Morgan fingerprint density at radius 2 is 1.83 bits per heavy atom. The van der Waals surface area contributed by atoms with E-state index in [9.17, 15) is 22.8 Å². The minimum Gasteiger partial charge on any atom is -0.457 e. The van der Waals surface area contributed by atoms with Crippen LogP contribution < -0.4 is 4.72 Å². The van der Waals surface area contributed by atoms with Gasteiger partial charge in [0.2, 0.25) is 15.8 Å². The van der Waals surface area contributed by atoms with Crippen molar-refractivity contribution in [3.63, 3.8) is 0 Å². The highest BCUT2D eigenvalue weighted by molar-refractivity contribution is 7.89. The summed E-state index contributed by atoms with van der Waals surface area (Å²) in [6, 6.07) is 7.35. The summed E-state index contributed by atoms with van der Waals surface area (Å²) >= 11 is 0. The van der Waals surface area contributed by atoms with Gasteiger partial charge in [-0.05, 0) is 39.0 Å². The van der Waals surface area contributed by atoms with Crippen molar-refractivity contribution in [2.45, 2.75) is 32.1 Å². The first-order chi connectivity index (χ1) is 13.5. The number of Topliss-reactive ketones (excluding diaryl/α,β-unsaturated/α-hetero) is 2. The molecule has 0 amide bonds. The molecule has 8 nitrogen and oxygen atoms in total. The Labute approximate surface area is 169 Å². The molecule has 1 aromatic carbocycles. The number of aryl methyl sites for hydroxylation is 1. The number of ether oxygens (including phenoxy) is 1. The molecule has 0 fully saturated rings. The minimum atomic E-state index is -3.87. The maximum Gasteiger partial charge on any atom is 0.307 e. The average molecular weight is 420 g/mol. The molecule has 0 aliphatic carbocycles. The van der Waals surface area contributed by atoms with Gasteiger partial charge in [0, 0.05) is 36.1 Å². The molecule has 1 aromatic heterocycles. The molecule has 0 aliphatic heterocycles. The lowest BCUT2D eigenvalue weighted by Gasteiger charge is -2.08. The summed E-state index contributed by atoms with van der Waals surface area (Å²) in [4.78, 5) is 35.4. The summed E-state index contributed by atoms with van der Waals surface area (Å²) in [6.45, 7) is 4.42. The second-order valence-electron chi connectivity index (χ2n) is 6.66. The summed E-state index contributed by atoms with van der Waals surface area (Å²) in [5.74, 6) is -1.26. The fourth-order valence-corrected chi connectivity index (χ4v) is 3.76. The third kappa shape index (κ3) is 5.61. The van der Waals surface area contributed by atoms with Crippen molar-refractivity contribution in [3.05, 3.63) is 52.8 Å². The molecule has 0 spiro atoms. The molecule has 1 heterocycles. The molecule has 2 aromatic rings. The van der Waals surface area contributed by atoms with Gasteiger partial charge in [0.1, 0.15) is 0 Å². The van der Waals surface area contributed by atoms with Gasteiger partial charge >= 0.3 is 5.97 Å². The number of sulfonamides is 1. The molecule has 0 atom stereocenters. The van der Waals surface area contributed by atoms with Crippen LogP contribution in [0.5, 0.6) is 0 Å². The van der Waals surface area contributed by atoms with Crippen molar-refractivity contribution in [1.29, 1.82) is 0 Å².